The summed E-state index contributed by atoms with van der Waals surface area (Å²) in [5, 5.41) is 10.1. The van der Waals surface area contributed by atoms with Gasteiger partial charge in [0.05, 0.1) is 14.2 Å². The van der Waals surface area contributed by atoms with E-state index in [0.717, 1.165) is 6.42 Å². The van der Waals surface area contributed by atoms with Gasteiger partial charge in [0.15, 0.2) is 8.32 Å². The Balaban J connectivity index is 3.24. The Kier molecular flexibility index (Phi) is 5.67. The van der Waals surface area contributed by atoms with Crippen molar-refractivity contribution in [2.24, 2.45) is 11.3 Å². The van der Waals surface area contributed by atoms with Crippen molar-refractivity contribution in [1.29, 1.82) is 0 Å². The van der Waals surface area contributed by atoms with Crippen LogP contribution in [-0.2, 0) is 4.43 Å². The third-order valence-corrected chi connectivity index (χ3v) is 10.9. The highest BCUT2D eigenvalue weighted by atomic mass is 28.4. The molecule has 2 atom stereocenters. The smallest absolute Gasteiger partial charge is 0.192 e. The van der Waals surface area contributed by atoms with Crippen LogP contribution in [0.25, 0.3) is 0 Å². The topological polar surface area (TPSA) is 29.5 Å². The van der Waals surface area contributed by atoms with E-state index in [1.165, 1.54) is 5.57 Å². The van der Waals surface area contributed by atoms with Crippen molar-refractivity contribution in [3.63, 3.8) is 0 Å². The molecule has 0 aromatic heterocycles. The molecule has 0 radical (unpaired) electrons. The van der Waals surface area contributed by atoms with E-state index < -0.39 is 16.4 Å². The van der Waals surface area contributed by atoms with E-state index in [1.807, 2.05) is 0 Å². The molecule has 130 valence electrons. The molecule has 1 fully saturated rings. The molecule has 4 heteroatoms. The summed E-state index contributed by atoms with van der Waals surface area (Å²) in [5.74, 6) is 0.275. The molecule has 1 aliphatic rings. The Bertz CT molecular complexity index is 425. The maximum atomic E-state index is 9.87. The lowest BCUT2D eigenvalue weighted by Gasteiger charge is -2.42. The normalized spacial score (nSPS) is 28.4. The fraction of sp³-hybridized carbons (Fsp3) is 0.889. The van der Waals surface area contributed by atoms with Crippen LogP contribution in [0.1, 0.15) is 41.0 Å². The Morgan fingerprint density at radius 3 is 2.05 bits per heavy atom. The second-order valence-electron chi connectivity index (χ2n) is 10.3. The van der Waals surface area contributed by atoms with E-state index >= 15 is 0 Å². The molecule has 1 rings (SSSR count). The molecule has 0 bridgehead atoms. The lowest BCUT2D eigenvalue weighted by molar-refractivity contribution is 0.111. The molecule has 0 aromatic rings. The second-order valence-corrected chi connectivity index (χ2v) is 20.1. The summed E-state index contributed by atoms with van der Waals surface area (Å²) in [6.45, 7) is 23.5. The van der Waals surface area contributed by atoms with E-state index in [2.05, 4.69) is 73.1 Å². The van der Waals surface area contributed by atoms with Gasteiger partial charge in [-0.1, -0.05) is 60.0 Å². The van der Waals surface area contributed by atoms with Gasteiger partial charge in [-0.3, -0.25) is 0 Å². The molecule has 0 saturated heterocycles. The van der Waals surface area contributed by atoms with Gasteiger partial charge >= 0.3 is 0 Å². The molecular weight excluding hydrogens is 304 g/mol. The van der Waals surface area contributed by atoms with Gasteiger partial charge in [0, 0.05) is 12.5 Å². The summed E-state index contributed by atoms with van der Waals surface area (Å²) >= 11 is 0. The highest BCUT2D eigenvalue weighted by Crippen LogP contribution is 2.50. The van der Waals surface area contributed by atoms with Gasteiger partial charge < -0.3 is 9.53 Å². The Morgan fingerprint density at radius 1 is 1.18 bits per heavy atom. The minimum atomic E-state index is -1.83. The van der Waals surface area contributed by atoms with Crippen molar-refractivity contribution < 1.29 is 9.53 Å². The third kappa shape index (κ3) is 4.56. The average molecular weight is 343 g/mol. The maximum Gasteiger partial charge on any atom is 0.192 e. The minimum Gasteiger partial charge on any atom is -0.410 e. The van der Waals surface area contributed by atoms with Gasteiger partial charge in [0.1, 0.15) is 0 Å². The predicted octanol–water partition coefficient (Wildman–Crippen LogP) is 5.22. The molecule has 0 aromatic carbocycles. The number of aliphatic hydroxyl groups excluding tert-OH is 1. The highest BCUT2D eigenvalue weighted by molar-refractivity contribution is 6.81. The number of hydrogen-bond acceptors (Lipinski definition) is 2. The maximum absolute atomic E-state index is 9.87. The molecule has 1 aliphatic carbocycles. The second kappa shape index (κ2) is 6.19. The van der Waals surface area contributed by atoms with Gasteiger partial charge in [-0.2, -0.15) is 0 Å². The van der Waals surface area contributed by atoms with Gasteiger partial charge in [0.2, 0.25) is 0 Å². The van der Waals surface area contributed by atoms with Gasteiger partial charge in [-0.15, -0.1) is 0 Å². The van der Waals surface area contributed by atoms with E-state index in [4.69, 9.17) is 4.43 Å². The van der Waals surface area contributed by atoms with Crippen LogP contribution in [0.2, 0.25) is 37.8 Å². The molecule has 1 saturated carbocycles. The first-order valence-electron chi connectivity index (χ1n) is 8.62. The zero-order valence-corrected chi connectivity index (χ0v) is 18.5. The molecule has 2 nitrogen and oxygen atoms in total. The minimum absolute atomic E-state index is 0.106. The fourth-order valence-corrected chi connectivity index (χ4v) is 5.87. The largest absolute Gasteiger partial charge is 0.410 e. The van der Waals surface area contributed by atoms with Crippen molar-refractivity contribution in [2.75, 3.05) is 6.61 Å². The van der Waals surface area contributed by atoms with Crippen LogP contribution in [0.3, 0.4) is 0 Å². The first-order valence-corrected chi connectivity index (χ1v) is 15.1. The average Bonchev–Trinajstić information content (AvgIpc) is 2.48. The Hall–Kier alpha value is 0.0938. The molecular formula is C18H38O2Si2. The number of rotatable bonds is 4. The van der Waals surface area contributed by atoms with Crippen LogP contribution in [-0.4, -0.2) is 34.2 Å². The third-order valence-electron chi connectivity index (χ3n) is 5.30. The summed E-state index contributed by atoms with van der Waals surface area (Å²) in [7, 11) is -3.17. The Morgan fingerprint density at radius 2 is 1.68 bits per heavy atom. The number of aliphatic hydroxyl groups is 1. The van der Waals surface area contributed by atoms with Crippen LogP contribution < -0.4 is 0 Å². The van der Waals surface area contributed by atoms with Crippen LogP contribution in [0.4, 0.5) is 0 Å². The molecule has 0 amide bonds. The SMILES string of the molecule is CC1(C)C[C@@H](CO)/C(=C/[Si](C)(C)C)[C@@H]1O[Si](C)(C)C(C)(C)C. The zero-order valence-electron chi connectivity index (χ0n) is 16.5. The fourth-order valence-electron chi connectivity index (χ4n) is 3.09. The van der Waals surface area contributed by atoms with E-state index in [0.29, 0.717) is 0 Å². The lowest BCUT2D eigenvalue weighted by atomic mass is 9.88. The first-order chi connectivity index (χ1) is 9.61. The first kappa shape index (κ1) is 20.1. The monoisotopic (exact) mass is 342 g/mol. The van der Waals surface area contributed by atoms with Crippen molar-refractivity contribution in [2.45, 2.75) is 84.9 Å². The van der Waals surface area contributed by atoms with E-state index in [-0.39, 0.29) is 29.1 Å². The molecule has 1 N–H and O–H groups in total. The lowest BCUT2D eigenvalue weighted by Crippen LogP contribution is -2.47. The molecule has 0 aliphatic heterocycles. The highest BCUT2D eigenvalue weighted by Gasteiger charge is 2.49. The molecule has 0 unspecified atom stereocenters. The predicted molar refractivity (Wildman–Crippen MR) is 102 cm³/mol. The van der Waals surface area contributed by atoms with Gasteiger partial charge in [-0.25, -0.2) is 0 Å². The van der Waals surface area contributed by atoms with Crippen molar-refractivity contribution in [1.82, 2.24) is 0 Å². The summed E-state index contributed by atoms with van der Waals surface area (Å²) in [5.41, 5.74) is 3.98. The number of hydrogen-bond donors (Lipinski definition) is 1. The summed E-state index contributed by atoms with van der Waals surface area (Å²) in [6.07, 6.45) is 1.19. The summed E-state index contributed by atoms with van der Waals surface area (Å²) in [6, 6.07) is 0. The van der Waals surface area contributed by atoms with Crippen LogP contribution >= 0.6 is 0 Å². The summed E-state index contributed by atoms with van der Waals surface area (Å²) < 4.78 is 6.85. The van der Waals surface area contributed by atoms with Crippen molar-refractivity contribution >= 4 is 16.4 Å². The van der Waals surface area contributed by atoms with Gasteiger partial charge in [0.25, 0.3) is 0 Å². The van der Waals surface area contributed by atoms with Crippen molar-refractivity contribution in [3.8, 4) is 0 Å². The Labute approximate surface area is 140 Å². The summed E-state index contributed by atoms with van der Waals surface area (Å²) in [4.78, 5) is 0. The molecule has 0 spiro atoms. The quantitative estimate of drug-likeness (QED) is 0.710. The standard InChI is InChI=1S/C18H38O2Si2/c1-17(2,3)22(9,10)20-16-15(13-21(6,7)8)14(12-19)11-18(16,4)5/h13-14,16,19H,11-12H2,1-10H3/b15-13-/t14-,16-/m0/s1. The van der Waals surface area contributed by atoms with E-state index in [9.17, 15) is 5.11 Å². The van der Waals surface area contributed by atoms with Crippen LogP contribution in [0.15, 0.2) is 11.3 Å². The molecule has 0 heterocycles. The zero-order chi connectivity index (χ0) is 17.6. The van der Waals surface area contributed by atoms with Crippen molar-refractivity contribution in [3.05, 3.63) is 11.3 Å². The van der Waals surface area contributed by atoms with E-state index in [1.54, 1.807) is 0 Å². The van der Waals surface area contributed by atoms with Crippen LogP contribution in [0.5, 0.6) is 0 Å². The van der Waals surface area contributed by atoms with Gasteiger partial charge in [-0.05, 0) is 35.5 Å². The van der Waals surface area contributed by atoms with Crippen LogP contribution in [0, 0.1) is 11.3 Å². The molecule has 22 heavy (non-hydrogen) atoms.